The highest BCUT2D eigenvalue weighted by Crippen LogP contribution is 2.28. The number of nitrogens with one attached hydrogen (secondary N) is 2. The van der Waals surface area contributed by atoms with E-state index in [0.29, 0.717) is 18.9 Å². The van der Waals surface area contributed by atoms with Gasteiger partial charge in [0.1, 0.15) is 6.54 Å². The first-order chi connectivity index (χ1) is 9.45. The molecular formula is C12H19N5O3. The number of nitrogens with zero attached hydrogens (tertiary/aromatic N) is 2. The van der Waals surface area contributed by atoms with Crippen LogP contribution >= 0.6 is 0 Å². The molecule has 8 heteroatoms. The average Bonchev–Trinajstić information content (AvgIpc) is 2.98. The van der Waals surface area contributed by atoms with E-state index in [1.165, 1.54) is 10.9 Å². The molecule has 0 bridgehead atoms. The number of hydrogen-bond acceptors (Lipinski definition) is 5. The van der Waals surface area contributed by atoms with Crippen LogP contribution in [0, 0.1) is 5.41 Å². The summed E-state index contributed by atoms with van der Waals surface area (Å²) in [6.45, 7) is 2.55. The largest absolute Gasteiger partial charge is 0.379 e. The number of rotatable bonds is 4. The van der Waals surface area contributed by atoms with Gasteiger partial charge in [0, 0.05) is 19.3 Å². The molecule has 1 aliphatic rings. The molecule has 2 atom stereocenters. The van der Waals surface area contributed by atoms with Gasteiger partial charge in [-0.1, -0.05) is 0 Å². The highest BCUT2D eigenvalue weighted by atomic mass is 16.5. The lowest BCUT2D eigenvalue weighted by molar-refractivity contribution is -0.125. The van der Waals surface area contributed by atoms with E-state index in [-0.39, 0.29) is 24.4 Å². The fourth-order valence-electron chi connectivity index (χ4n) is 1.94. The summed E-state index contributed by atoms with van der Waals surface area (Å²) in [6, 6.07) is -0.330. The first-order valence-corrected chi connectivity index (χ1v) is 6.33. The van der Waals surface area contributed by atoms with Crippen LogP contribution < -0.4 is 16.4 Å². The van der Waals surface area contributed by atoms with Gasteiger partial charge in [-0.05, 0) is 6.92 Å². The summed E-state index contributed by atoms with van der Waals surface area (Å²) in [7, 11) is 1.55. The summed E-state index contributed by atoms with van der Waals surface area (Å²) in [4.78, 5) is 23.5. The summed E-state index contributed by atoms with van der Waals surface area (Å²) >= 11 is 0. The number of carbonyl (C=O) groups excluding carboxylic acids is 2. The Morgan fingerprint density at radius 1 is 1.65 bits per heavy atom. The van der Waals surface area contributed by atoms with Gasteiger partial charge >= 0.3 is 0 Å². The average molecular weight is 281 g/mol. The van der Waals surface area contributed by atoms with Crippen molar-refractivity contribution in [3.05, 3.63) is 12.4 Å². The molecule has 2 unspecified atom stereocenters. The van der Waals surface area contributed by atoms with Crippen LogP contribution in [0.4, 0.5) is 5.69 Å². The van der Waals surface area contributed by atoms with Gasteiger partial charge in [-0.15, -0.1) is 0 Å². The van der Waals surface area contributed by atoms with E-state index in [4.69, 9.17) is 10.5 Å². The van der Waals surface area contributed by atoms with Gasteiger partial charge in [-0.3, -0.25) is 14.3 Å². The molecule has 2 rings (SSSR count). The van der Waals surface area contributed by atoms with Crippen LogP contribution in [0.15, 0.2) is 12.4 Å². The van der Waals surface area contributed by atoms with Crippen molar-refractivity contribution >= 4 is 17.5 Å². The van der Waals surface area contributed by atoms with E-state index in [1.807, 2.05) is 0 Å². The third kappa shape index (κ3) is 2.81. The third-order valence-electron chi connectivity index (χ3n) is 3.51. The third-order valence-corrected chi connectivity index (χ3v) is 3.51. The molecular weight excluding hydrogens is 262 g/mol. The van der Waals surface area contributed by atoms with E-state index in [1.54, 1.807) is 20.2 Å². The monoisotopic (exact) mass is 281 g/mol. The van der Waals surface area contributed by atoms with Gasteiger partial charge in [0.05, 0.1) is 30.5 Å². The Morgan fingerprint density at radius 2 is 2.40 bits per heavy atom. The van der Waals surface area contributed by atoms with Gasteiger partial charge in [0.15, 0.2) is 0 Å². The van der Waals surface area contributed by atoms with Crippen molar-refractivity contribution in [3.63, 3.8) is 0 Å². The van der Waals surface area contributed by atoms with Gasteiger partial charge in [0.25, 0.3) is 0 Å². The molecule has 0 aliphatic carbocycles. The molecule has 1 saturated heterocycles. The van der Waals surface area contributed by atoms with Gasteiger partial charge in [-0.2, -0.15) is 5.10 Å². The maximum absolute atomic E-state index is 12.2. The van der Waals surface area contributed by atoms with Crippen LogP contribution in [0.5, 0.6) is 0 Å². The maximum atomic E-state index is 12.2. The summed E-state index contributed by atoms with van der Waals surface area (Å²) in [6.07, 6.45) is 3.09. The first kappa shape index (κ1) is 14.5. The number of likely N-dealkylation sites (N-methyl/N-ethyl adjacent to an activating group) is 1. The molecule has 0 spiro atoms. The fraction of sp³-hybridized carbons (Fsp3) is 0.583. The Bertz CT molecular complexity index is 515. The SMILES string of the molecule is CNC(=O)Cn1cc(NC(=O)C2(C)COCC2N)cn1. The molecule has 20 heavy (non-hydrogen) atoms. The number of ether oxygens (including phenoxy) is 1. The lowest BCUT2D eigenvalue weighted by atomic mass is 9.85. The van der Waals surface area contributed by atoms with Crippen LogP contribution in [-0.2, 0) is 20.9 Å². The topological polar surface area (TPSA) is 111 Å². The van der Waals surface area contributed by atoms with Crippen molar-refractivity contribution in [3.8, 4) is 0 Å². The Balaban J connectivity index is 2.00. The van der Waals surface area contributed by atoms with E-state index in [9.17, 15) is 9.59 Å². The Hall–Kier alpha value is -1.93. The molecule has 0 saturated carbocycles. The molecule has 1 aromatic rings. The first-order valence-electron chi connectivity index (χ1n) is 6.33. The van der Waals surface area contributed by atoms with Crippen LogP contribution in [0.3, 0.4) is 0 Å². The number of aromatic nitrogens is 2. The zero-order valence-corrected chi connectivity index (χ0v) is 11.5. The Morgan fingerprint density at radius 3 is 3.00 bits per heavy atom. The molecule has 0 aromatic carbocycles. The predicted octanol–water partition coefficient (Wildman–Crippen LogP) is -1.07. The van der Waals surface area contributed by atoms with Crippen molar-refractivity contribution in [2.24, 2.45) is 11.1 Å². The minimum atomic E-state index is -0.747. The highest BCUT2D eigenvalue weighted by Gasteiger charge is 2.44. The minimum absolute atomic E-state index is 0.103. The summed E-state index contributed by atoms with van der Waals surface area (Å²) < 4.78 is 6.69. The molecule has 8 nitrogen and oxygen atoms in total. The molecule has 1 aliphatic heterocycles. The second-order valence-corrected chi connectivity index (χ2v) is 5.09. The minimum Gasteiger partial charge on any atom is -0.379 e. The van der Waals surface area contributed by atoms with E-state index >= 15 is 0 Å². The van der Waals surface area contributed by atoms with E-state index < -0.39 is 5.41 Å². The molecule has 2 heterocycles. The summed E-state index contributed by atoms with van der Waals surface area (Å²) in [5.41, 5.74) is 5.68. The van der Waals surface area contributed by atoms with Crippen LogP contribution in [-0.4, -0.2) is 47.9 Å². The lowest BCUT2D eigenvalue weighted by Crippen LogP contribution is -2.47. The smallest absolute Gasteiger partial charge is 0.241 e. The van der Waals surface area contributed by atoms with Crippen LogP contribution in [0.2, 0.25) is 0 Å². The van der Waals surface area contributed by atoms with Crippen molar-refractivity contribution in [1.82, 2.24) is 15.1 Å². The predicted molar refractivity (Wildman–Crippen MR) is 71.8 cm³/mol. The molecule has 0 radical (unpaired) electrons. The van der Waals surface area contributed by atoms with Gasteiger partial charge in [-0.25, -0.2) is 0 Å². The van der Waals surface area contributed by atoms with Crippen molar-refractivity contribution in [2.75, 3.05) is 25.6 Å². The number of anilines is 1. The van der Waals surface area contributed by atoms with Crippen LogP contribution in [0.25, 0.3) is 0 Å². The summed E-state index contributed by atoms with van der Waals surface area (Å²) in [5.74, 6) is -0.369. The maximum Gasteiger partial charge on any atom is 0.241 e. The lowest BCUT2D eigenvalue weighted by Gasteiger charge is -2.24. The Labute approximate surface area is 116 Å². The second-order valence-electron chi connectivity index (χ2n) is 5.09. The second kappa shape index (κ2) is 5.59. The van der Waals surface area contributed by atoms with Crippen molar-refractivity contribution in [2.45, 2.75) is 19.5 Å². The van der Waals surface area contributed by atoms with E-state index in [2.05, 4.69) is 15.7 Å². The van der Waals surface area contributed by atoms with Gasteiger partial charge < -0.3 is 21.1 Å². The van der Waals surface area contributed by atoms with Crippen molar-refractivity contribution in [1.29, 1.82) is 0 Å². The number of carbonyl (C=O) groups is 2. The zero-order chi connectivity index (χ0) is 14.8. The quantitative estimate of drug-likeness (QED) is 0.651. The number of hydrogen-bond donors (Lipinski definition) is 3. The molecule has 2 amide bonds. The standard InChI is InChI=1S/C12H19N5O3/c1-12(7-20-6-9(12)13)11(19)16-8-3-15-17(4-8)5-10(18)14-2/h3-4,9H,5-7,13H2,1-2H3,(H,14,18)(H,16,19). The normalized spacial score (nSPS) is 25.4. The number of nitrogens with two attached hydrogens (primary N) is 1. The van der Waals surface area contributed by atoms with Crippen LogP contribution in [0.1, 0.15) is 6.92 Å². The van der Waals surface area contributed by atoms with E-state index in [0.717, 1.165) is 0 Å². The Kier molecular flexibility index (Phi) is 4.05. The fourth-order valence-corrected chi connectivity index (χ4v) is 1.94. The van der Waals surface area contributed by atoms with Gasteiger partial charge in [0.2, 0.25) is 11.8 Å². The number of amides is 2. The summed E-state index contributed by atoms with van der Waals surface area (Å²) in [5, 5.41) is 9.26. The molecule has 1 fully saturated rings. The van der Waals surface area contributed by atoms with Crippen molar-refractivity contribution < 1.29 is 14.3 Å². The molecule has 110 valence electrons. The molecule has 4 N–H and O–H groups in total. The molecule has 1 aromatic heterocycles. The zero-order valence-electron chi connectivity index (χ0n) is 11.5. The highest BCUT2D eigenvalue weighted by molar-refractivity contribution is 5.95.